The van der Waals surface area contributed by atoms with Crippen molar-refractivity contribution in [2.45, 2.75) is 33.2 Å². The summed E-state index contributed by atoms with van der Waals surface area (Å²) in [6.07, 6.45) is 0.523. The number of likely N-dealkylation sites (N-methyl/N-ethyl adjacent to an activating group) is 1. The highest BCUT2D eigenvalue weighted by Gasteiger charge is 2.20. The van der Waals surface area contributed by atoms with E-state index in [-0.39, 0.29) is 23.3 Å². The molecule has 2 amide bonds. The van der Waals surface area contributed by atoms with Gasteiger partial charge in [0.25, 0.3) is 5.91 Å². The molecule has 1 unspecified atom stereocenters. The van der Waals surface area contributed by atoms with Gasteiger partial charge in [0.2, 0.25) is 5.91 Å². The molecule has 6 nitrogen and oxygen atoms in total. The largest absolute Gasteiger partial charge is 0.504 e. The fourth-order valence-corrected chi connectivity index (χ4v) is 2.39. The van der Waals surface area contributed by atoms with E-state index in [1.807, 2.05) is 19.9 Å². The molecule has 2 aromatic carbocycles. The third-order valence-corrected chi connectivity index (χ3v) is 3.91. The summed E-state index contributed by atoms with van der Waals surface area (Å²) in [5.41, 5.74) is 1.31. The third kappa shape index (κ3) is 6.66. The summed E-state index contributed by atoms with van der Waals surface area (Å²) in [5.74, 6) is -0.856. The predicted molar refractivity (Wildman–Crippen MR) is 106 cm³/mol. The number of nitrogens with one attached hydrogen (secondary N) is 1. The Morgan fingerprint density at radius 3 is 2.26 bits per heavy atom. The van der Waals surface area contributed by atoms with E-state index in [0.717, 1.165) is 5.56 Å². The van der Waals surface area contributed by atoms with E-state index < -0.39 is 6.04 Å². The summed E-state index contributed by atoms with van der Waals surface area (Å²) < 4.78 is 0. The zero-order chi connectivity index (χ0) is 20.4. The molecule has 0 spiro atoms. The van der Waals surface area contributed by atoms with Crippen molar-refractivity contribution in [2.75, 3.05) is 13.6 Å². The Balaban J connectivity index is 0.00000176. The van der Waals surface area contributed by atoms with Crippen molar-refractivity contribution in [3.05, 3.63) is 59.7 Å². The van der Waals surface area contributed by atoms with Gasteiger partial charge in [-0.3, -0.25) is 9.59 Å². The molecule has 0 aliphatic rings. The zero-order valence-electron chi connectivity index (χ0n) is 16.3. The summed E-state index contributed by atoms with van der Waals surface area (Å²) in [6.45, 7) is 6.07. The van der Waals surface area contributed by atoms with E-state index in [1.165, 1.54) is 17.0 Å². The van der Waals surface area contributed by atoms with E-state index in [0.29, 0.717) is 18.5 Å². The van der Waals surface area contributed by atoms with Gasteiger partial charge < -0.3 is 20.4 Å². The number of amides is 2. The van der Waals surface area contributed by atoms with Gasteiger partial charge in [0, 0.05) is 19.2 Å². The molecule has 0 bridgehead atoms. The lowest BCUT2D eigenvalue weighted by Gasteiger charge is -2.22. The standard InChI is InChI=1S/C19H22N2O4.C2H6/c1-13(20-18(24)15-6-4-3-5-7-15)19(25)21(2)11-10-14-8-9-16(22)17(23)12-14;1-2/h3-9,12-13,22-23H,10-11H2,1-2H3,(H,20,24);1-2H3. The maximum atomic E-state index is 12.4. The number of phenolic OH excluding ortho intramolecular Hbond substituents is 2. The fourth-order valence-electron chi connectivity index (χ4n) is 2.39. The van der Waals surface area contributed by atoms with Crippen molar-refractivity contribution in [2.24, 2.45) is 0 Å². The third-order valence-electron chi connectivity index (χ3n) is 3.91. The van der Waals surface area contributed by atoms with Gasteiger partial charge in [0.05, 0.1) is 0 Å². The van der Waals surface area contributed by atoms with E-state index in [9.17, 15) is 19.8 Å². The van der Waals surface area contributed by atoms with Crippen LogP contribution in [-0.4, -0.2) is 46.6 Å². The van der Waals surface area contributed by atoms with Crippen LogP contribution < -0.4 is 5.32 Å². The van der Waals surface area contributed by atoms with E-state index in [4.69, 9.17) is 0 Å². The normalized spacial score (nSPS) is 11.0. The van der Waals surface area contributed by atoms with E-state index in [1.54, 1.807) is 44.3 Å². The van der Waals surface area contributed by atoms with Crippen LogP contribution in [0.3, 0.4) is 0 Å². The highest BCUT2D eigenvalue weighted by molar-refractivity contribution is 5.97. The summed E-state index contributed by atoms with van der Waals surface area (Å²) >= 11 is 0. The lowest BCUT2D eigenvalue weighted by molar-refractivity contribution is -0.131. The number of carbonyl (C=O) groups excluding carboxylic acids is 2. The van der Waals surface area contributed by atoms with E-state index >= 15 is 0 Å². The number of aromatic hydroxyl groups is 2. The summed E-state index contributed by atoms with van der Waals surface area (Å²) in [4.78, 5) is 26.0. The molecule has 0 aromatic heterocycles. The van der Waals surface area contributed by atoms with Gasteiger partial charge in [-0.15, -0.1) is 0 Å². The monoisotopic (exact) mass is 372 g/mol. The van der Waals surface area contributed by atoms with Crippen LogP contribution in [-0.2, 0) is 11.2 Å². The van der Waals surface area contributed by atoms with Gasteiger partial charge in [0.1, 0.15) is 6.04 Å². The summed E-state index contributed by atoms with van der Waals surface area (Å²) in [5, 5.41) is 21.5. The quantitative estimate of drug-likeness (QED) is 0.680. The van der Waals surface area contributed by atoms with Crippen molar-refractivity contribution in [1.82, 2.24) is 10.2 Å². The Morgan fingerprint density at radius 2 is 1.67 bits per heavy atom. The molecule has 0 heterocycles. The molecule has 27 heavy (non-hydrogen) atoms. The van der Waals surface area contributed by atoms with Crippen molar-refractivity contribution in [3.8, 4) is 11.5 Å². The molecule has 3 N–H and O–H groups in total. The van der Waals surface area contributed by atoms with Crippen LogP contribution >= 0.6 is 0 Å². The average molecular weight is 372 g/mol. The topological polar surface area (TPSA) is 89.9 Å². The van der Waals surface area contributed by atoms with Gasteiger partial charge in [-0.25, -0.2) is 0 Å². The summed E-state index contributed by atoms with van der Waals surface area (Å²) in [7, 11) is 1.66. The van der Waals surface area contributed by atoms with Crippen LogP contribution in [0, 0.1) is 0 Å². The van der Waals surface area contributed by atoms with Crippen LogP contribution in [0.1, 0.15) is 36.7 Å². The molecule has 0 aliphatic heterocycles. The Morgan fingerprint density at radius 1 is 1.04 bits per heavy atom. The molecule has 0 aliphatic carbocycles. The number of phenols is 2. The van der Waals surface area contributed by atoms with Crippen LogP contribution in [0.5, 0.6) is 11.5 Å². The molecule has 146 valence electrons. The maximum absolute atomic E-state index is 12.4. The first kappa shape index (κ1) is 22.0. The lowest BCUT2D eigenvalue weighted by atomic mass is 10.1. The Bertz CT molecular complexity index is 747. The average Bonchev–Trinajstić information content (AvgIpc) is 2.70. The molecule has 0 saturated carbocycles. The number of hydrogen-bond donors (Lipinski definition) is 3. The maximum Gasteiger partial charge on any atom is 0.251 e. The van der Waals surface area contributed by atoms with E-state index in [2.05, 4.69) is 5.32 Å². The molecule has 0 fully saturated rings. The molecule has 6 heteroatoms. The number of benzene rings is 2. The van der Waals surface area contributed by atoms with Crippen LogP contribution in [0.25, 0.3) is 0 Å². The first-order valence-corrected chi connectivity index (χ1v) is 9.00. The second kappa shape index (κ2) is 10.9. The smallest absolute Gasteiger partial charge is 0.251 e. The van der Waals surface area contributed by atoms with Crippen molar-refractivity contribution in [1.29, 1.82) is 0 Å². The molecular weight excluding hydrogens is 344 g/mol. The van der Waals surface area contributed by atoms with Crippen LogP contribution in [0.15, 0.2) is 48.5 Å². The minimum Gasteiger partial charge on any atom is -0.504 e. The fraction of sp³-hybridized carbons (Fsp3) is 0.333. The van der Waals surface area contributed by atoms with Crippen molar-refractivity contribution in [3.63, 3.8) is 0 Å². The number of carbonyl (C=O) groups is 2. The predicted octanol–water partition coefficient (Wildman–Crippen LogP) is 2.94. The molecule has 2 rings (SSSR count). The van der Waals surface area contributed by atoms with Gasteiger partial charge >= 0.3 is 0 Å². The second-order valence-corrected chi connectivity index (χ2v) is 5.89. The first-order chi connectivity index (χ1) is 12.9. The van der Waals surface area contributed by atoms with Crippen molar-refractivity contribution < 1.29 is 19.8 Å². The van der Waals surface area contributed by atoms with Crippen molar-refractivity contribution >= 4 is 11.8 Å². The Labute approximate surface area is 160 Å². The SMILES string of the molecule is CC.CC(NC(=O)c1ccccc1)C(=O)N(C)CCc1ccc(O)c(O)c1. The number of nitrogens with zero attached hydrogens (tertiary/aromatic N) is 1. The number of hydrogen-bond acceptors (Lipinski definition) is 4. The zero-order valence-corrected chi connectivity index (χ0v) is 16.3. The van der Waals surface area contributed by atoms with Crippen LogP contribution in [0.4, 0.5) is 0 Å². The first-order valence-electron chi connectivity index (χ1n) is 9.00. The van der Waals surface area contributed by atoms with Gasteiger partial charge in [-0.1, -0.05) is 38.1 Å². The lowest BCUT2D eigenvalue weighted by Crippen LogP contribution is -2.46. The van der Waals surface area contributed by atoms with Gasteiger partial charge in [-0.05, 0) is 43.2 Å². The van der Waals surface area contributed by atoms with Gasteiger partial charge in [-0.2, -0.15) is 0 Å². The van der Waals surface area contributed by atoms with Crippen LogP contribution in [0.2, 0.25) is 0 Å². The minimum absolute atomic E-state index is 0.176. The highest BCUT2D eigenvalue weighted by Crippen LogP contribution is 2.25. The molecule has 1 atom stereocenters. The molecule has 2 aromatic rings. The Hall–Kier alpha value is -3.02. The summed E-state index contributed by atoms with van der Waals surface area (Å²) in [6, 6.07) is 12.6. The Kier molecular flexibility index (Phi) is 8.85. The van der Waals surface area contributed by atoms with Gasteiger partial charge in [0.15, 0.2) is 11.5 Å². The second-order valence-electron chi connectivity index (χ2n) is 5.89. The number of rotatable bonds is 6. The molecular formula is C21H28N2O4. The molecule has 0 radical (unpaired) electrons. The highest BCUT2D eigenvalue weighted by atomic mass is 16.3. The minimum atomic E-state index is -0.647. The molecule has 0 saturated heterocycles.